The summed E-state index contributed by atoms with van der Waals surface area (Å²) in [5.41, 5.74) is 0. The largest absolute Gasteiger partial charge is 0.446 e. The summed E-state index contributed by atoms with van der Waals surface area (Å²) in [4.78, 5) is 4.27. The number of oxazole rings is 1. The molecular weight excluding hydrogens is 228 g/mol. The van der Waals surface area contributed by atoms with Crippen molar-refractivity contribution in [3.05, 3.63) is 17.8 Å². The average molecular weight is 254 g/mol. The fourth-order valence-corrected chi connectivity index (χ4v) is 1.58. The summed E-state index contributed by atoms with van der Waals surface area (Å²) >= 11 is 0. The minimum Gasteiger partial charge on any atom is -0.446 e. The highest BCUT2D eigenvalue weighted by molar-refractivity contribution is 4.94. The minimum atomic E-state index is 0.681. The number of nitrogens with zero attached hydrogens (tertiary/aromatic N) is 1. The molecular formula is C14H26N2O2. The normalized spacial score (nSPS) is 11.3. The molecule has 4 nitrogen and oxygen atoms in total. The molecule has 0 aliphatic carbocycles. The van der Waals surface area contributed by atoms with E-state index in [1.165, 1.54) is 0 Å². The SMILES string of the molecule is CCCOCCc1cnc(CCNCC(C)C)o1. The summed E-state index contributed by atoms with van der Waals surface area (Å²) < 4.78 is 11.1. The third-order valence-electron chi connectivity index (χ3n) is 2.51. The first-order valence-electron chi connectivity index (χ1n) is 6.94. The molecule has 0 saturated heterocycles. The minimum absolute atomic E-state index is 0.681. The molecule has 0 spiro atoms. The Bertz CT molecular complexity index is 310. The highest BCUT2D eigenvalue weighted by atomic mass is 16.5. The number of ether oxygens (including phenoxy) is 1. The molecule has 0 bridgehead atoms. The smallest absolute Gasteiger partial charge is 0.195 e. The van der Waals surface area contributed by atoms with Crippen molar-refractivity contribution < 1.29 is 9.15 Å². The lowest BCUT2D eigenvalue weighted by atomic mass is 10.2. The Morgan fingerprint density at radius 2 is 2.17 bits per heavy atom. The van der Waals surface area contributed by atoms with Crippen molar-refractivity contribution in [1.82, 2.24) is 10.3 Å². The second kappa shape index (κ2) is 9.11. The maximum atomic E-state index is 5.64. The Kier molecular flexibility index (Phi) is 7.69. The van der Waals surface area contributed by atoms with Gasteiger partial charge in [-0.05, 0) is 18.9 Å². The summed E-state index contributed by atoms with van der Waals surface area (Å²) in [6.45, 7) is 10.0. The van der Waals surface area contributed by atoms with E-state index in [9.17, 15) is 0 Å². The van der Waals surface area contributed by atoms with Crippen LogP contribution >= 0.6 is 0 Å². The van der Waals surface area contributed by atoms with E-state index in [1.807, 2.05) is 6.20 Å². The van der Waals surface area contributed by atoms with Gasteiger partial charge in [-0.2, -0.15) is 0 Å². The van der Waals surface area contributed by atoms with Gasteiger partial charge in [-0.15, -0.1) is 0 Å². The van der Waals surface area contributed by atoms with E-state index in [4.69, 9.17) is 9.15 Å². The molecule has 1 heterocycles. The van der Waals surface area contributed by atoms with Crippen LogP contribution in [0.25, 0.3) is 0 Å². The molecule has 0 aliphatic rings. The molecule has 0 saturated carbocycles. The lowest BCUT2D eigenvalue weighted by Crippen LogP contribution is -2.22. The van der Waals surface area contributed by atoms with Gasteiger partial charge in [0, 0.05) is 26.0 Å². The summed E-state index contributed by atoms with van der Waals surface area (Å²) in [6.07, 6.45) is 4.53. The fourth-order valence-electron chi connectivity index (χ4n) is 1.58. The molecule has 0 amide bonds. The van der Waals surface area contributed by atoms with Crippen LogP contribution in [0.3, 0.4) is 0 Å². The molecule has 104 valence electrons. The maximum Gasteiger partial charge on any atom is 0.195 e. The van der Waals surface area contributed by atoms with Crippen LogP contribution in [0, 0.1) is 5.92 Å². The molecule has 4 heteroatoms. The molecule has 1 rings (SSSR count). The van der Waals surface area contributed by atoms with Gasteiger partial charge in [0.2, 0.25) is 0 Å². The Hall–Kier alpha value is -0.870. The lowest BCUT2D eigenvalue weighted by Gasteiger charge is -2.05. The summed E-state index contributed by atoms with van der Waals surface area (Å²) in [5.74, 6) is 2.42. The Morgan fingerprint density at radius 3 is 2.89 bits per heavy atom. The quantitative estimate of drug-likeness (QED) is 0.651. The highest BCUT2D eigenvalue weighted by Crippen LogP contribution is 2.05. The average Bonchev–Trinajstić information content (AvgIpc) is 2.78. The summed E-state index contributed by atoms with van der Waals surface area (Å²) in [5, 5.41) is 3.38. The lowest BCUT2D eigenvalue weighted by molar-refractivity contribution is 0.134. The van der Waals surface area contributed by atoms with Gasteiger partial charge < -0.3 is 14.5 Å². The Balaban J connectivity index is 2.13. The molecule has 18 heavy (non-hydrogen) atoms. The number of nitrogens with one attached hydrogen (secondary N) is 1. The van der Waals surface area contributed by atoms with Gasteiger partial charge in [-0.3, -0.25) is 0 Å². The molecule has 0 aromatic carbocycles. The van der Waals surface area contributed by atoms with E-state index in [1.54, 1.807) is 0 Å². The third-order valence-corrected chi connectivity index (χ3v) is 2.51. The second-order valence-corrected chi connectivity index (χ2v) is 4.93. The Morgan fingerprint density at radius 1 is 1.33 bits per heavy atom. The predicted octanol–water partition coefficient (Wildman–Crippen LogP) is 2.43. The molecule has 0 aliphatic heterocycles. The van der Waals surface area contributed by atoms with Gasteiger partial charge in [-0.25, -0.2) is 4.98 Å². The van der Waals surface area contributed by atoms with Crippen molar-refractivity contribution in [2.45, 2.75) is 40.0 Å². The van der Waals surface area contributed by atoms with E-state index in [-0.39, 0.29) is 0 Å². The van der Waals surface area contributed by atoms with Crippen LogP contribution in [-0.2, 0) is 17.6 Å². The number of hydrogen-bond donors (Lipinski definition) is 1. The summed E-state index contributed by atoms with van der Waals surface area (Å²) in [6, 6.07) is 0. The number of rotatable bonds is 10. The number of hydrogen-bond acceptors (Lipinski definition) is 4. The van der Waals surface area contributed by atoms with Crippen LogP contribution in [0.1, 0.15) is 38.8 Å². The zero-order valence-electron chi connectivity index (χ0n) is 11.9. The van der Waals surface area contributed by atoms with Crippen molar-refractivity contribution in [2.75, 3.05) is 26.3 Å². The highest BCUT2D eigenvalue weighted by Gasteiger charge is 2.03. The van der Waals surface area contributed by atoms with Gasteiger partial charge in [0.15, 0.2) is 5.89 Å². The van der Waals surface area contributed by atoms with Crippen molar-refractivity contribution in [1.29, 1.82) is 0 Å². The zero-order valence-corrected chi connectivity index (χ0v) is 11.9. The van der Waals surface area contributed by atoms with E-state index < -0.39 is 0 Å². The number of aromatic nitrogens is 1. The van der Waals surface area contributed by atoms with Crippen LogP contribution in [0.4, 0.5) is 0 Å². The van der Waals surface area contributed by atoms with Gasteiger partial charge in [0.05, 0.1) is 12.8 Å². The van der Waals surface area contributed by atoms with E-state index in [2.05, 4.69) is 31.1 Å². The molecule has 0 unspecified atom stereocenters. The van der Waals surface area contributed by atoms with Gasteiger partial charge in [0.1, 0.15) is 5.76 Å². The van der Waals surface area contributed by atoms with Gasteiger partial charge in [0.25, 0.3) is 0 Å². The zero-order chi connectivity index (χ0) is 13.2. The maximum absolute atomic E-state index is 5.64. The van der Waals surface area contributed by atoms with Gasteiger partial charge in [-0.1, -0.05) is 20.8 Å². The first kappa shape index (κ1) is 15.2. The first-order valence-corrected chi connectivity index (χ1v) is 6.94. The van der Waals surface area contributed by atoms with Gasteiger partial charge >= 0.3 is 0 Å². The molecule has 0 radical (unpaired) electrons. The van der Waals surface area contributed by atoms with Crippen LogP contribution in [0.5, 0.6) is 0 Å². The van der Waals surface area contributed by atoms with Crippen molar-refractivity contribution in [3.8, 4) is 0 Å². The standard InChI is InChI=1S/C14H26N2O2/c1-4-8-17-9-6-13-11-16-14(18-13)5-7-15-10-12(2)3/h11-12,15H,4-10H2,1-3H3. The van der Waals surface area contributed by atoms with Crippen molar-refractivity contribution in [3.63, 3.8) is 0 Å². The fraction of sp³-hybridized carbons (Fsp3) is 0.786. The van der Waals surface area contributed by atoms with Crippen LogP contribution in [0.2, 0.25) is 0 Å². The summed E-state index contributed by atoms with van der Waals surface area (Å²) in [7, 11) is 0. The topological polar surface area (TPSA) is 47.3 Å². The predicted molar refractivity (Wildman–Crippen MR) is 72.7 cm³/mol. The molecule has 0 atom stereocenters. The van der Waals surface area contributed by atoms with E-state index in [0.29, 0.717) is 12.5 Å². The second-order valence-electron chi connectivity index (χ2n) is 4.93. The molecule has 0 fully saturated rings. The van der Waals surface area contributed by atoms with Crippen LogP contribution < -0.4 is 5.32 Å². The monoisotopic (exact) mass is 254 g/mol. The van der Waals surface area contributed by atoms with Crippen LogP contribution in [-0.4, -0.2) is 31.3 Å². The Labute approximate surface area is 110 Å². The van der Waals surface area contributed by atoms with Crippen LogP contribution in [0.15, 0.2) is 10.6 Å². The molecule has 1 N–H and O–H groups in total. The van der Waals surface area contributed by atoms with Crippen molar-refractivity contribution in [2.24, 2.45) is 5.92 Å². The van der Waals surface area contributed by atoms with E-state index >= 15 is 0 Å². The molecule has 1 aromatic rings. The first-order chi connectivity index (χ1) is 8.72. The third kappa shape index (κ3) is 6.77. The van der Waals surface area contributed by atoms with E-state index in [0.717, 1.165) is 50.6 Å². The molecule has 1 aromatic heterocycles. The van der Waals surface area contributed by atoms with Crippen molar-refractivity contribution >= 4 is 0 Å².